The first-order valence-electron chi connectivity index (χ1n) is 8.01. The van der Waals surface area contributed by atoms with Crippen LogP contribution in [0.4, 0.5) is 5.69 Å². The lowest BCUT2D eigenvalue weighted by atomic mass is 10.1. The standard InChI is InChI=1S/C17H23NO4/c1-12-7-13(19-6-5-14-9-20-14)3-4-16(12)18(2)17(11-22-17)8-15-10-21-15/h3-4,7,14-15H,5-6,8-11H2,1-2H3. The van der Waals surface area contributed by atoms with Gasteiger partial charge in [-0.2, -0.15) is 0 Å². The summed E-state index contributed by atoms with van der Waals surface area (Å²) in [4.78, 5) is 2.24. The number of epoxide rings is 3. The van der Waals surface area contributed by atoms with Crippen LogP contribution in [0.2, 0.25) is 0 Å². The minimum absolute atomic E-state index is 0.169. The molecule has 3 saturated heterocycles. The number of hydrogen-bond donors (Lipinski definition) is 0. The SMILES string of the molecule is Cc1cc(OCCC2CO2)ccc1N(C)C1(CC2CO2)CO1. The van der Waals surface area contributed by atoms with Gasteiger partial charge in [0.15, 0.2) is 5.72 Å². The maximum Gasteiger partial charge on any atom is 0.167 e. The van der Waals surface area contributed by atoms with Crippen LogP contribution in [-0.4, -0.2) is 51.4 Å². The van der Waals surface area contributed by atoms with E-state index in [9.17, 15) is 0 Å². The molecule has 3 fully saturated rings. The molecule has 3 aliphatic rings. The molecule has 3 atom stereocenters. The number of rotatable bonds is 8. The molecule has 5 heteroatoms. The highest BCUT2D eigenvalue weighted by molar-refractivity contribution is 5.57. The second-order valence-corrected chi connectivity index (χ2v) is 6.49. The van der Waals surface area contributed by atoms with Crippen molar-refractivity contribution in [2.75, 3.05) is 38.4 Å². The summed E-state index contributed by atoms with van der Waals surface area (Å²) >= 11 is 0. The Labute approximate surface area is 131 Å². The highest BCUT2D eigenvalue weighted by Crippen LogP contribution is 2.42. The minimum atomic E-state index is -0.169. The van der Waals surface area contributed by atoms with E-state index in [1.54, 1.807) is 0 Å². The Morgan fingerprint density at radius 1 is 1.27 bits per heavy atom. The van der Waals surface area contributed by atoms with Gasteiger partial charge < -0.3 is 23.8 Å². The maximum atomic E-state index is 5.80. The van der Waals surface area contributed by atoms with Crippen LogP contribution in [0, 0.1) is 6.92 Å². The van der Waals surface area contributed by atoms with E-state index >= 15 is 0 Å². The van der Waals surface area contributed by atoms with Crippen LogP contribution in [-0.2, 0) is 14.2 Å². The zero-order chi connectivity index (χ0) is 15.2. The summed E-state index contributed by atoms with van der Waals surface area (Å²) in [5.74, 6) is 0.923. The number of hydrogen-bond acceptors (Lipinski definition) is 5. The summed E-state index contributed by atoms with van der Waals surface area (Å²) in [5, 5.41) is 0. The van der Waals surface area contributed by atoms with Gasteiger partial charge in [0.05, 0.1) is 38.6 Å². The predicted octanol–water partition coefficient (Wildman–Crippen LogP) is 2.11. The topological polar surface area (TPSA) is 50.1 Å². The second kappa shape index (κ2) is 5.41. The highest BCUT2D eigenvalue weighted by atomic mass is 16.6. The van der Waals surface area contributed by atoms with E-state index in [1.165, 1.54) is 11.3 Å². The largest absolute Gasteiger partial charge is 0.493 e. The van der Waals surface area contributed by atoms with Crippen molar-refractivity contribution in [3.8, 4) is 5.75 Å². The van der Waals surface area contributed by atoms with E-state index in [0.717, 1.165) is 38.4 Å². The molecule has 0 radical (unpaired) electrons. The Hall–Kier alpha value is -1.30. The molecule has 0 bridgehead atoms. The van der Waals surface area contributed by atoms with E-state index in [2.05, 4.69) is 31.0 Å². The Bertz CT molecular complexity index is 550. The van der Waals surface area contributed by atoms with Crippen LogP contribution in [0.15, 0.2) is 18.2 Å². The zero-order valence-corrected chi connectivity index (χ0v) is 13.2. The Kier molecular flexibility index (Phi) is 3.51. The lowest BCUT2D eigenvalue weighted by Crippen LogP contribution is -2.37. The summed E-state index contributed by atoms with van der Waals surface area (Å²) in [6.45, 7) is 5.37. The number of nitrogens with zero attached hydrogens (tertiary/aromatic N) is 1. The van der Waals surface area contributed by atoms with Gasteiger partial charge >= 0.3 is 0 Å². The number of likely N-dealkylation sites (N-methyl/N-ethyl adjacent to an activating group) is 1. The van der Waals surface area contributed by atoms with Gasteiger partial charge in [0.25, 0.3) is 0 Å². The van der Waals surface area contributed by atoms with Gasteiger partial charge in [-0.15, -0.1) is 0 Å². The third-order valence-electron chi connectivity index (χ3n) is 4.68. The second-order valence-electron chi connectivity index (χ2n) is 6.49. The summed E-state index contributed by atoms with van der Waals surface area (Å²) < 4.78 is 22.1. The molecule has 0 amide bonds. The Balaban J connectivity index is 1.40. The molecule has 0 spiro atoms. The van der Waals surface area contributed by atoms with Crippen molar-refractivity contribution in [3.63, 3.8) is 0 Å². The van der Waals surface area contributed by atoms with Gasteiger partial charge in [0, 0.05) is 25.6 Å². The van der Waals surface area contributed by atoms with Gasteiger partial charge in [-0.3, -0.25) is 0 Å². The molecular weight excluding hydrogens is 282 g/mol. The average molecular weight is 305 g/mol. The number of benzene rings is 1. The fraction of sp³-hybridized carbons (Fsp3) is 0.647. The molecule has 0 aromatic heterocycles. The van der Waals surface area contributed by atoms with Crippen LogP contribution >= 0.6 is 0 Å². The zero-order valence-electron chi connectivity index (χ0n) is 13.2. The number of anilines is 1. The molecule has 0 aliphatic carbocycles. The molecule has 3 aliphatic heterocycles. The molecule has 22 heavy (non-hydrogen) atoms. The molecule has 120 valence electrons. The normalized spacial score (nSPS) is 31.7. The minimum Gasteiger partial charge on any atom is -0.493 e. The van der Waals surface area contributed by atoms with Gasteiger partial charge in [-0.25, -0.2) is 0 Å². The van der Waals surface area contributed by atoms with Crippen LogP contribution in [0.5, 0.6) is 5.75 Å². The van der Waals surface area contributed by atoms with Crippen LogP contribution < -0.4 is 9.64 Å². The maximum absolute atomic E-state index is 5.80. The van der Waals surface area contributed by atoms with Crippen LogP contribution in [0.25, 0.3) is 0 Å². The molecule has 5 nitrogen and oxygen atoms in total. The molecule has 0 N–H and O–H groups in total. The van der Waals surface area contributed by atoms with Crippen LogP contribution in [0.1, 0.15) is 18.4 Å². The van der Waals surface area contributed by atoms with Crippen molar-refractivity contribution in [1.29, 1.82) is 0 Å². The van der Waals surface area contributed by atoms with Crippen molar-refractivity contribution in [1.82, 2.24) is 0 Å². The van der Waals surface area contributed by atoms with Gasteiger partial charge in [0.2, 0.25) is 0 Å². The molecule has 3 heterocycles. The van der Waals surface area contributed by atoms with Gasteiger partial charge in [-0.1, -0.05) is 0 Å². The van der Waals surface area contributed by atoms with Crippen molar-refractivity contribution >= 4 is 5.69 Å². The smallest absolute Gasteiger partial charge is 0.167 e. The molecule has 0 saturated carbocycles. The molecule has 3 unspecified atom stereocenters. The van der Waals surface area contributed by atoms with Crippen molar-refractivity contribution < 1.29 is 18.9 Å². The third kappa shape index (κ3) is 3.07. The lowest BCUT2D eigenvalue weighted by molar-refractivity contribution is 0.257. The summed E-state index contributed by atoms with van der Waals surface area (Å²) in [6.07, 6.45) is 2.71. The first kappa shape index (κ1) is 14.3. The summed E-state index contributed by atoms with van der Waals surface area (Å²) in [6, 6.07) is 6.26. The Morgan fingerprint density at radius 3 is 2.59 bits per heavy atom. The van der Waals surface area contributed by atoms with Crippen LogP contribution in [0.3, 0.4) is 0 Å². The van der Waals surface area contributed by atoms with Crippen molar-refractivity contribution in [2.45, 2.75) is 37.7 Å². The fourth-order valence-electron chi connectivity index (χ4n) is 2.93. The molecule has 1 aromatic rings. The van der Waals surface area contributed by atoms with Gasteiger partial charge in [-0.05, 0) is 30.7 Å². The first-order chi connectivity index (χ1) is 10.7. The van der Waals surface area contributed by atoms with E-state index < -0.39 is 0 Å². The number of aryl methyl sites for hydroxylation is 1. The first-order valence-corrected chi connectivity index (χ1v) is 8.01. The molecular formula is C17H23NO4. The number of ether oxygens (including phenoxy) is 4. The van der Waals surface area contributed by atoms with E-state index in [-0.39, 0.29) is 5.72 Å². The van der Waals surface area contributed by atoms with E-state index in [0.29, 0.717) is 18.8 Å². The summed E-state index contributed by atoms with van der Waals surface area (Å²) in [5.41, 5.74) is 2.22. The quantitative estimate of drug-likeness (QED) is 0.689. The van der Waals surface area contributed by atoms with Gasteiger partial charge in [0.1, 0.15) is 5.75 Å². The van der Waals surface area contributed by atoms with E-state index in [1.807, 2.05) is 6.07 Å². The highest BCUT2D eigenvalue weighted by Gasteiger charge is 2.52. The summed E-state index contributed by atoms with van der Waals surface area (Å²) in [7, 11) is 2.10. The predicted molar refractivity (Wildman–Crippen MR) is 82.5 cm³/mol. The molecule has 4 rings (SSSR count). The van der Waals surface area contributed by atoms with Crippen molar-refractivity contribution in [3.05, 3.63) is 23.8 Å². The van der Waals surface area contributed by atoms with Crippen molar-refractivity contribution in [2.24, 2.45) is 0 Å². The molecule has 1 aromatic carbocycles. The monoisotopic (exact) mass is 305 g/mol. The third-order valence-corrected chi connectivity index (χ3v) is 4.68. The fourth-order valence-corrected chi connectivity index (χ4v) is 2.93. The Morgan fingerprint density at radius 2 is 2.00 bits per heavy atom. The average Bonchev–Trinajstić information content (AvgIpc) is 3.33. The van der Waals surface area contributed by atoms with E-state index in [4.69, 9.17) is 18.9 Å². The lowest BCUT2D eigenvalue weighted by Gasteiger charge is -2.28.